The van der Waals surface area contributed by atoms with Crippen molar-refractivity contribution in [1.82, 2.24) is 10.6 Å². The summed E-state index contributed by atoms with van der Waals surface area (Å²) in [5.74, 6) is -0.922. The van der Waals surface area contributed by atoms with Crippen LogP contribution in [-0.2, 0) is 19.4 Å². The average Bonchev–Trinajstić information content (AvgIpc) is 2.89. The molecule has 0 aliphatic carbocycles. The molecule has 1 fully saturated rings. The highest BCUT2D eigenvalue weighted by Gasteiger charge is 2.28. The number of hydrogen-bond acceptors (Lipinski definition) is 5. The van der Waals surface area contributed by atoms with E-state index in [1.807, 2.05) is 19.1 Å². The molecule has 25 heavy (non-hydrogen) atoms. The molecule has 0 radical (unpaired) electrons. The van der Waals surface area contributed by atoms with Crippen LogP contribution in [0, 0.1) is 6.92 Å². The zero-order chi connectivity index (χ0) is 18.4. The molecule has 1 unspecified atom stereocenters. The number of carbonyl (C=O) groups is 3. The van der Waals surface area contributed by atoms with E-state index in [2.05, 4.69) is 10.6 Å². The van der Waals surface area contributed by atoms with Crippen molar-refractivity contribution in [2.24, 2.45) is 0 Å². The molecule has 1 atom stereocenters. The summed E-state index contributed by atoms with van der Waals surface area (Å²) < 4.78 is 22.7. The van der Waals surface area contributed by atoms with E-state index in [1.54, 1.807) is 12.1 Å². The Balaban J connectivity index is 1.69. The second-order valence-electron chi connectivity index (χ2n) is 6.18. The van der Waals surface area contributed by atoms with Gasteiger partial charge in [-0.2, -0.15) is 0 Å². The van der Waals surface area contributed by atoms with Gasteiger partial charge in [0.2, 0.25) is 11.8 Å². The molecule has 1 aromatic carbocycles. The third-order valence-electron chi connectivity index (χ3n) is 4.07. The fourth-order valence-electron chi connectivity index (χ4n) is 2.70. The first kappa shape index (κ1) is 19.1. The van der Waals surface area contributed by atoms with Crippen LogP contribution in [0.4, 0.5) is 0 Å². The van der Waals surface area contributed by atoms with Crippen molar-refractivity contribution in [3.63, 3.8) is 0 Å². The van der Waals surface area contributed by atoms with Crippen LogP contribution in [0.25, 0.3) is 0 Å². The molecule has 0 spiro atoms. The summed E-state index contributed by atoms with van der Waals surface area (Å²) in [6, 6.07) is 6.78. The Labute approximate surface area is 147 Å². The van der Waals surface area contributed by atoms with Gasteiger partial charge in [0, 0.05) is 24.4 Å². The molecule has 1 heterocycles. The van der Waals surface area contributed by atoms with Gasteiger partial charge in [0.15, 0.2) is 15.6 Å². The monoisotopic (exact) mass is 366 g/mol. The minimum absolute atomic E-state index is 0.00173. The largest absolute Gasteiger partial charge is 0.351 e. The van der Waals surface area contributed by atoms with E-state index >= 15 is 0 Å². The number of hydrogen-bond donors (Lipinski definition) is 2. The summed E-state index contributed by atoms with van der Waals surface area (Å²) in [4.78, 5) is 35.6. The predicted molar refractivity (Wildman–Crippen MR) is 93.0 cm³/mol. The molecular formula is C17H22N2O5S. The predicted octanol–water partition coefficient (Wildman–Crippen LogP) is 0.377. The number of carbonyl (C=O) groups excluding carboxylic acids is 3. The van der Waals surface area contributed by atoms with Crippen molar-refractivity contribution < 1.29 is 22.8 Å². The van der Waals surface area contributed by atoms with Crippen LogP contribution in [-0.4, -0.2) is 50.1 Å². The maximum absolute atomic E-state index is 12.1. The molecule has 1 aliphatic heterocycles. The third-order valence-corrected chi connectivity index (χ3v) is 5.84. The Hall–Kier alpha value is -2.22. The van der Waals surface area contributed by atoms with Crippen molar-refractivity contribution >= 4 is 27.4 Å². The lowest BCUT2D eigenvalue weighted by atomic mass is 10.0. The Morgan fingerprint density at radius 1 is 1.12 bits per heavy atom. The molecule has 0 saturated carbocycles. The summed E-state index contributed by atoms with van der Waals surface area (Å²) in [5, 5.41) is 5.03. The lowest BCUT2D eigenvalue weighted by Gasteiger charge is -2.11. The van der Waals surface area contributed by atoms with Crippen LogP contribution in [0.1, 0.15) is 35.2 Å². The van der Waals surface area contributed by atoms with Crippen LogP contribution >= 0.6 is 0 Å². The van der Waals surface area contributed by atoms with Gasteiger partial charge in [0.05, 0.1) is 18.1 Å². The van der Waals surface area contributed by atoms with Gasteiger partial charge in [-0.15, -0.1) is 0 Å². The number of benzene rings is 1. The Morgan fingerprint density at radius 2 is 1.84 bits per heavy atom. The van der Waals surface area contributed by atoms with Gasteiger partial charge < -0.3 is 10.6 Å². The number of amides is 2. The molecule has 2 amide bonds. The molecule has 8 heteroatoms. The van der Waals surface area contributed by atoms with Crippen LogP contribution < -0.4 is 10.6 Å². The van der Waals surface area contributed by atoms with Gasteiger partial charge in [0.1, 0.15) is 0 Å². The molecule has 1 aromatic rings. The smallest absolute Gasteiger partial charge is 0.239 e. The highest BCUT2D eigenvalue weighted by atomic mass is 32.2. The Bertz CT molecular complexity index is 773. The van der Waals surface area contributed by atoms with Crippen molar-refractivity contribution in [3.05, 3.63) is 35.4 Å². The first-order chi connectivity index (χ1) is 11.8. The molecule has 1 aliphatic rings. The van der Waals surface area contributed by atoms with Gasteiger partial charge in [0.25, 0.3) is 0 Å². The van der Waals surface area contributed by atoms with Gasteiger partial charge in [-0.3, -0.25) is 14.4 Å². The molecule has 0 bridgehead atoms. The Kier molecular flexibility index (Phi) is 6.30. The maximum atomic E-state index is 12.1. The number of rotatable bonds is 7. The summed E-state index contributed by atoms with van der Waals surface area (Å²) >= 11 is 0. The molecule has 0 aromatic heterocycles. The number of aryl methyl sites for hydroxylation is 1. The van der Waals surface area contributed by atoms with Crippen LogP contribution in [0.15, 0.2) is 24.3 Å². The zero-order valence-corrected chi connectivity index (χ0v) is 14.9. The van der Waals surface area contributed by atoms with Gasteiger partial charge in [-0.05, 0) is 18.9 Å². The summed E-state index contributed by atoms with van der Waals surface area (Å²) in [6.07, 6.45) is 0.463. The standard InChI is InChI=1S/C17H22N2O5S/c1-12-4-2-3-5-14(12)15(20)6-7-16(21)18-10-17(22)19-13-8-9-25(23,24)11-13/h2-5,13H,6-11H2,1H3,(H,18,21)(H,19,22). The molecule has 136 valence electrons. The lowest BCUT2D eigenvalue weighted by molar-refractivity contribution is -0.126. The van der Waals surface area contributed by atoms with Crippen LogP contribution in [0.2, 0.25) is 0 Å². The molecule has 2 rings (SSSR count). The highest BCUT2D eigenvalue weighted by Crippen LogP contribution is 2.11. The van der Waals surface area contributed by atoms with E-state index in [4.69, 9.17) is 0 Å². The maximum Gasteiger partial charge on any atom is 0.239 e. The number of ketones is 1. The van der Waals surface area contributed by atoms with Gasteiger partial charge >= 0.3 is 0 Å². The first-order valence-electron chi connectivity index (χ1n) is 8.12. The highest BCUT2D eigenvalue weighted by molar-refractivity contribution is 7.91. The van der Waals surface area contributed by atoms with Crippen molar-refractivity contribution in [2.45, 2.75) is 32.2 Å². The van der Waals surface area contributed by atoms with Crippen molar-refractivity contribution in [3.8, 4) is 0 Å². The quantitative estimate of drug-likeness (QED) is 0.678. The molecule has 7 nitrogen and oxygen atoms in total. The minimum Gasteiger partial charge on any atom is -0.351 e. The van der Waals surface area contributed by atoms with Crippen LogP contribution in [0.3, 0.4) is 0 Å². The van der Waals surface area contributed by atoms with E-state index in [9.17, 15) is 22.8 Å². The topological polar surface area (TPSA) is 109 Å². The number of sulfone groups is 1. The van der Waals surface area contributed by atoms with Gasteiger partial charge in [-0.1, -0.05) is 24.3 Å². The minimum atomic E-state index is -3.06. The summed E-state index contributed by atoms with van der Waals surface area (Å²) in [7, 11) is -3.06. The second kappa shape index (κ2) is 8.24. The van der Waals surface area contributed by atoms with Crippen molar-refractivity contribution in [1.29, 1.82) is 0 Å². The second-order valence-corrected chi connectivity index (χ2v) is 8.41. The first-order valence-corrected chi connectivity index (χ1v) is 9.94. The summed E-state index contributed by atoms with van der Waals surface area (Å²) in [5.41, 5.74) is 1.45. The zero-order valence-electron chi connectivity index (χ0n) is 14.1. The van der Waals surface area contributed by atoms with E-state index < -0.39 is 27.7 Å². The number of nitrogens with one attached hydrogen (secondary N) is 2. The average molecular weight is 366 g/mol. The molecular weight excluding hydrogens is 344 g/mol. The van der Waals surface area contributed by atoms with E-state index in [0.717, 1.165) is 5.56 Å². The number of Topliss-reactive ketones (excluding diaryl/α,β-unsaturated/α-hetero) is 1. The van der Waals surface area contributed by atoms with E-state index in [1.165, 1.54) is 0 Å². The molecule has 2 N–H and O–H groups in total. The summed E-state index contributed by atoms with van der Waals surface area (Å²) in [6.45, 7) is 1.61. The SMILES string of the molecule is Cc1ccccc1C(=O)CCC(=O)NCC(=O)NC1CCS(=O)(=O)C1. The van der Waals surface area contributed by atoms with Gasteiger partial charge in [-0.25, -0.2) is 8.42 Å². The van der Waals surface area contributed by atoms with Crippen molar-refractivity contribution in [2.75, 3.05) is 18.1 Å². The lowest BCUT2D eigenvalue weighted by Crippen LogP contribution is -2.42. The Morgan fingerprint density at radius 3 is 2.48 bits per heavy atom. The van der Waals surface area contributed by atoms with E-state index in [-0.39, 0.29) is 36.7 Å². The normalized spacial score (nSPS) is 18.5. The van der Waals surface area contributed by atoms with E-state index in [0.29, 0.717) is 12.0 Å². The third kappa shape index (κ3) is 5.97. The van der Waals surface area contributed by atoms with Crippen LogP contribution in [0.5, 0.6) is 0 Å². The fourth-order valence-corrected chi connectivity index (χ4v) is 4.38. The molecule has 1 saturated heterocycles. The fraction of sp³-hybridized carbons (Fsp3) is 0.471.